The molecule has 0 aromatic heterocycles. The van der Waals surface area contributed by atoms with Gasteiger partial charge in [-0.3, -0.25) is 19.9 Å². The van der Waals surface area contributed by atoms with Crippen LogP contribution >= 0.6 is 0 Å². The topological polar surface area (TPSA) is 83.1 Å². The third kappa shape index (κ3) is 5.93. The minimum atomic E-state index is -0.586. The van der Waals surface area contributed by atoms with Gasteiger partial charge in [0.2, 0.25) is 12.7 Å². The highest BCUT2D eigenvalue weighted by molar-refractivity contribution is 6.01. The summed E-state index contributed by atoms with van der Waals surface area (Å²) in [5, 5.41) is 5.00. The maximum absolute atomic E-state index is 13.1. The number of hydrogen-bond acceptors (Lipinski definition) is 6. The monoisotopic (exact) mass is 428 g/mol. The Bertz CT molecular complexity index is 938. The smallest absolute Gasteiger partial charge is 0.325 e. The molecule has 3 amide bonds. The van der Waals surface area contributed by atoms with Gasteiger partial charge in [-0.1, -0.05) is 12.1 Å². The zero-order chi connectivity index (χ0) is 21.6. The SMILES string of the molecule is O=C(CN1CCCN(Cc2ccc(F)cc2)CC1)NC(=O)Nc1ccc2c(c1)OCO2. The normalized spacial score (nSPS) is 16.5. The molecule has 2 N–H and O–H groups in total. The van der Waals surface area contributed by atoms with Gasteiger partial charge in [0.05, 0.1) is 6.54 Å². The first-order chi connectivity index (χ1) is 15.0. The molecule has 0 spiro atoms. The van der Waals surface area contributed by atoms with E-state index in [0.717, 1.165) is 44.7 Å². The predicted molar refractivity (Wildman–Crippen MR) is 112 cm³/mol. The molecule has 2 aliphatic heterocycles. The lowest BCUT2D eigenvalue weighted by molar-refractivity contribution is -0.121. The summed E-state index contributed by atoms with van der Waals surface area (Å²) in [6.45, 7) is 4.25. The van der Waals surface area contributed by atoms with Crippen LogP contribution in [0.2, 0.25) is 0 Å². The van der Waals surface area contributed by atoms with E-state index in [1.54, 1.807) is 30.3 Å². The molecule has 4 rings (SSSR count). The number of halogens is 1. The number of amides is 3. The van der Waals surface area contributed by atoms with Gasteiger partial charge in [-0.05, 0) is 49.3 Å². The van der Waals surface area contributed by atoms with E-state index in [0.29, 0.717) is 17.2 Å². The fourth-order valence-corrected chi connectivity index (χ4v) is 3.69. The fraction of sp³-hybridized carbons (Fsp3) is 0.364. The minimum absolute atomic E-state index is 0.152. The molecule has 9 heteroatoms. The number of urea groups is 1. The number of nitrogens with one attached hydrogen (secondary N) is 2. The van der Waals surface area contributed by atoms with E-state index in [4.69, 9.17) is 9.47 Å². The second-order valence-corrected chi connectivity index (χ2v) is 7.60. The van der Waals surface area contributed by atoms with Crippen LogP contribution in [0, 0.1) is 5.82 Å². The predicted octanol–water partition coefficient (Wildman–Crippen LogP) is 2.41. The summed E-state index contributed by atoms with van der Waals surface area (Å²) < 4.78 is 23.6. The first-order valence-corrected chi connectivity index (χ1v) is 10.2. The Morgan fingerprint density at radius 2 is 1.68 bits per heavy atom. The molecule has 1 fully saturated rings. The van der Waals surface area contributed by atoms with Crippen molar-refractivity contribution in [1.29, 1.82) is 0 Å². The van der Waals surface area contributed by atoms with Crippen LogP contribution < -0.4 is 20.1 Å². The summed E-state index contributed by atoms with van der Waals surface area (Å²) in [6.07, 6.45) is 0.915. The van der Waals surface area contributed by atoms with Crippen LogP contribution in [-0.4, -0.2) is 61.3 Å². The first-order valence-electron chi connectivity index (χ1n) is 10.2. The van der Waals surface area contributed by atoms with Crippen LogP contribution in [0.15, 0.2) is 42.5 Å². The molecular weight excluding hydrogens is 403 g/mol. The first kappa shape index (κ1) is 21.1. The molecule has 0 unspecified atom stereocenters. The van der Waals surface area contributed by atoms with E-state index in [9.17, 15) is 14.0 Å². The lowest BCUT2D eigenvalue weighted by atomic mass is 10.2. The Labute approximate surface area is 179 Å². The van der Waals surface area contributed by atoms with Gasteiger partial charge in [0.25, 0.3) is 0 Å². The maximum Gasteiger partial charge on any atom is 0.325 e. The Morgan fingerprint density at radius 3 is 2.52 bits per heavy atom. The van der Waals surface area contributed by atoms with Crippen LogP contribution in [0.5, 0.6) is 11.5 Å². The van der Waals surface area contributed by atoms with E-state index in [1.807, 2.05) is 4.90 Å². The summed E-state index contributed by atoms with van der Waals surface area (Å²) in [6, 6.07) is 11.0. The Kier molecular flexibility index (Phi) is 6.63. The molecular formula is C22H25FN4O4. The van der Waals surface area contributed by atoms with Gasteiger partial charge < -0.3 is 14.8 Å². The summed E-state index contributed by atoms with van der Waals surface area (Å²) >= 11 is 0. The molecule has 2 aromatic rings. The maximum atomic E-state index is 13.1. The van der Waals surface area contributed by atoms with Gasteiger partial charge in [0.1, 0.15) is 5.82 Å². The number of carbonyl (C=O) groups is 2. The molecule has 0 aliphatic carbocycles. The van der Waals surface area contributed by atoms with Gasteiger partial charge in [-0.25, -0.2) is 9.18 Å². The Morgan fingerprint density at radius 1 is 0.935 bits per heavy atom. The highest BCUT2D eigenvalue weighted by atomic mass is 19.1. The Hall–Kier alpha value is -3.17. The molecule has 8 nitrogen and oxygen atoms in total. The number of nitrogens with zero attached hydrogens (tertiary/aromatic N) is 2. The van der Waals surface area contributed by atoms with Crippen molar-refractivity contribution in [1.82, 2.24) is 15.1 Å². The lowest BCUT2D eigenvalue weighted by Gasteiger charge is -2.21. The van der Waals surface area contributed by atoms with Crippen molar-refractivity contribution in [2.24, 2.45) is 0 Å². The zero-order valence-corrected chi connectivity index (χ0v) is 17.1. The summed E-state index contributed by atoms with van der Waals surface area (Å²) in [4.78, 5) is 28.8. The summed E-state index contributed by atoms with van der Waals surface area (Å²) in [5.74, 6) is 0.583. The van der Waals surface area contributed by atoms with Crippen molar-refractivity contribution >= 4 is 17.6 Å². The Balaban J connectivity index is 1.21. The highest BCUT2D eigenvalue weighted by Crippen LogP contribution is 2.34. The molecule has 164 valence electrons. The molecule has 0 bridgehead atoms. The number of carbonyl (C=O) groups excluding carboxylic acids is 2. The third-order valence-electron chi connectivity index (χ3n) is 5.25. The van der Waals surface area contributed by atoms with Crippen molar-refractivity contribution in [2.45, 2.75) is 13.0 Å². The van der Waals surface area contributed by atoms with Crippen molar-refractivity contribution in [3.63, 3.8) is 0 Å². The summed E-state index contributed by atoms with van der Waals surface area (Å²) in [7, 11) is 0. The van der Waals surface area contributed by atoms with Crippen LogP contribution in [0.4, 0.5) is 14.9 Å². The van der Waals surface area contributed by atoms with Crippen molar-refractivity contribution in [2.75, 3.05) is 44.8 Å². The molecule has 2 aromatic carbocycles. The molecule has 1 saturated heterocycles. The molecule has 31 heavy (non-hydrogen) atoms. The van der Waals surface area contributed by atoms with Gasteiger partial charge in [0, 0.05) is 31.4 Å². The number of rotatable bonds is 5. The van der Waals surface area contributed by atoms with E-state index in [-0.39, 0.29) is 25.1 Å². The van der Waals surface area contributed by atoms with Crippen molar-refractivity contribution in [3.05, 3.63) is 53.8 Å². The lowest BCUT2D eigenvalue weighted by Crippen LogP contribution is -2.42. The molecule has 2 aliphatic rings. The molecule has 0 atom stereocenters. The van der Waals surface area contributed by atoms with Gasteiger partial charge >= 0.3 is 6.03 Å². The molecule has 2 heterocycles. The fourth-order valence-electron chi connectivity index (χ4n) is 3.69. The summed E-state index contributed by atoms with van der Waals surface area (Å²) in [5.41, 5.74) is 1.58. The molecule has 0 saturated carbocycles. The number of imide groups is 1. The number of anilines is 1. The largest absolute Gasteiger partial charge is 0.454 e. The van der Waals surface area contributed by atoms with Crippen LogP contribution in [0.3, 0.4) is 0 Å². The average Bonchev–Trinajstić information content (AvgIpc) is 3.10. The van der Waals surface area contributed by atoms with Crippen molar-refractivity contribution < 1.29 is 23.5 Å². The number of fused-ring (bicyclic) bond motifs is 1. The zero-order valence-electron chi connectivity index (χ0n) is 17.1. The second-order valence-electron chi connectivity index (χ2n) is 7.60. The number of ether oxygens (including phenoxy) is 2. The standard InChI is InChI=1S/C22H25FN4O4/c23-17-4-2-16(3-5-17)13-26-8-1-9-27(11-10-26)14-21(28)25-22(29)24-18-6-7-19-20(12-18)31-15-30-19/h2-7,12H,1,8-11,13-15H2,(H2,24,25,28,29). The van der Waals surface area contributed by atoms with E-state index in [2.05, 4.69) is 15.5 Å². The highest BCUT2D eigenvalue weighted by Gasteiger charge is 2.19. The van der Waals surface area contributed by atoms with Crippen LogP contribution in [-0.2, 0) is 11.3 Å². The van der Waals surface area contributed by atoms with Crippen LogP contribution in [0.25, 0.3) is 0 Å². The van der Waals surface area contributed by atoms with Gasteiger partial charge in [0.15, 0.2) is 11.5 Å². The van der Waals surface area contributed by atoms with Crippen molar-refractivity contribution in [3.8, 4) is 11.5 Å². The van der Waals surface area contributed by atoms with Gasteiger partial charge in [-0.15, -0.1) is 0 Å². The quantitative estimate of drug-likeness (QED) is 0.761. The van der Waals surface area contributed by atoms with E-state index < -0.39 is 6.03 Å². The third-order valence-corrected chi connectivity index (χ3v) is 5.25. The number of hydrogen-bond donors (Lipinski definition) is 2. The minimum Gasteiger partial charge on any atom is -0.454 e. The average molecular weight is 428 g/mol. The van der Waals surface area contributed by atoms with E-state index in [1.165, 1.54) is 12.1 Å². The van der Waals surface area contributed by atoms with Gasteiger partial charge in [-0.2, -0.15) is 0 Å². The van der Waals surface area contributed by atoms with E-state index >= 15 is 0 Å². The second kappa shape index (κ2) is 9.76. The molecule has 0 radical (unpaired) electrons. The number of benzene rings is 2. The van der Waals surface area contributed by atoms with Crippen LogP contribution in [0.1, 0.15) is 12.0 Å².